The highest BCUT2D eigenvalue weighted by Gasteiger charge is 2.17. The molecule has 0 fully saturated rings. The first-order valence-corrected chi connectivity index (χ1v) is 4.73. The molecule has 0 aliphatic carbocycles. The fraction of sp³-hybridized carbons (Fsp3) is 0.571. The van der Waals surface area contributed by atoms with Gasteiger partial charge in [0.1, 0.15) is 0 Å². The van der Waals surface area contributed by atoms with Crippen LogP contribution in [0, 0.1) is 0 Å². The molecule has 0 saturated carbocycles. The third-order valence-electron chi connectivity index (χ3n) is 1.18. The zero-order valence-corrected chi connectivity index (χ0v) is 7.97. The van der Waals surface area contributed by atoms with Gasteiger partial charge in [0.15, 0.2) is 0 Å². The summed E-state index contributed by atoms with van der Waals surface area (Å²) in [5.41, 5.74) is 0.199. The number of carbonyl (C=O) groups is 1. The zero-order chi connectivity index (χ0) is 9.72. The first kappa shape index (κ1) is 11.1. The largest absolute Gasteiger partial charge is 0.443 e. The fourth-order valence-corrected chi connectivity index (χ4v) is 0.980. The van der Waals surface area contributed by atoms with Crippen LogP contribution in [0.15, 0.2) is 12.2 Å². The smallest absolute Gasteiger partial charge is 0.357 e. The fourth-order valence-electron chi connectivity index (χ4n) is 0.500. The first-order chi connectivity index (χ1) is 5.49. The molecule has 4 nitrogen and oxygen atoms in total. The summed E-state index contributed by atoms with van der Waals surface area (Å²) in [7, 11) is -2.71. The molecular weight excluding hydrogens is 179 g/mol. The van der Waals surface area contributed by atoms with Gasteiger partial charge in [-0.3, -0.25) is 0 Å². The zero-order valence-electron chi connectivity index (χ0n) is 7.07. The Balaban J connectivity index is 4.22. The maximum atomic E-state index is 10.8. The monoisotopic (exact) mass is 190 g/mol. The van der Waals surface area contributed by atoms with Crippen molar-refractivity contribution < 1.29 is 18.7 Å². The topological polar surface area (TPSA) is 60.4 Å². The molecule has 0 radical (unpaired) electrons. The molecule has 12 heavy (non-hydrogen) atoms. The lowest BCUT2D eigenvalue weighted by atomic mass is 10.4. The molecule has 0 aromatic carbocycles. The van der Waals surface area contributed by atoms with E-state index in [4.69, 9.17) is 0 Å². The number of carbonyl (C=O) groups excluding carboxylic acids is 1. The van der Waals surface area contributed by atoms with E-state index in [1.807, 2.05) is 0 Å². The first-order valence-electron chi connectivity index (χ1n) is 3.49. The van der Waals surface area contributed by atoms with Crippen LogP contribution in [0.25, 0.3) is 0 Å². The van der Waals surface area contributed by atoms with Gasteiger partial charge in [-0.15, -0.1) is 0 Å². The van der Waals surface area contributed by atoms with E-state index < -0.39 is 19.5 Å². The molecule has 0 N–H and O–H groups in total. The van der Waals surface area contributed by atoms with Gasteiger partial charge in [-0.05, 0) is 13.3 Å². The van der Waals surface area contributed by atoms with Crippen LogP contribution in [0.1, 0.15) is 20.3 Å². The van der Waals surface area contributed by atoms with Crippen LogP contribution in [0.5, 0.6) is 0 Å². The Morgan fingerprint density at radius 3 is 2.33 bits per heavy atom. The number of rotatable bonds is 4. The average molecular weight is 190 g/mol. The minimum Gasteiger partial charge on any atom is -0.443 e. The van der Waals surface area contributed by atoms with E-state index >= 15 is 0 Å². The van der Waals surface area contributed by atoms with E-state index in [2.05, 4.69) is 11.3 Å². The minimum atomic E-state index is -2.71. The van der Waals surface area contributed by atoms with Crippen molar-refractivity contribution in [2.75, 3.05) is 0 Å². The van der Waals surface area contributed by atoms with E-state index in [0.29, 0.717) is 0 Å². The van der Waals surface area contributed by atoms with Gasteiger partial charge in [-0.1, -0.05) is 13.5 Å². The molecule has 0 bridgehead atoms. The molecule has 1 atom stereocenters. The summed E-state index contributed by atoms with van der Waals surface area (Å²) in [6.07, 6.45) is 0.262. The van der Waals surface area contributed by atoms with E-state index in [1.54, 1.807) is 6.92 Å². The minimum absolute atomic E-state index is 0.199. The lowest BCUT2D eigenvalue weighted by Crippen LogP contribution is -2.12. The summed E-state index contributed by atoms with van der Waals surface area (Å²) in [4.78, 5) is 10.8. The van der Waals surface area contributed by atoms with Crippen molar-refractivity contribution in [1.29, 1.82) is 0 Å². The molecule has 0 aliphatic rings. The van der Waals surface area contributed by atoms with Crippen LogP contribution >= 0.6 is 7.68 Å². The molecule has 0 aromatic heterocycles. The van der Waals surface area contributed by atoms with E-state index in [-0.39, 0.29) is 12.0 Å². The third-order valence-corrected chi connectivity index (χ3v) is 2.12. The van der Waals surface area contributed by atoms with Gasteiger partial charge >= 0.3 is 13.6 Å². The summed E-state index contributed by atoms with van der Waals surface area (Å²) >= 11 is 0. The number of esters is 1. The van der Waals surface area contributed by atoms with Crippen molar-refractivity contribution in [2.45, 2.75) is 26.1 Å². The molecule has 0 rings (SSSR count). The summed E-state index contributed by atoms with van der Waals surface area (Å²) in [6.45, 7) is 6.42. The molecule has 0 spiro atoms. The molecular formula is C7H11O4P. The standard InChI is InChI=1S/C7H11O4P/c1-4-6(12(9)10)11-7(8)5(2)3/h6H,2,4H2,1,3H3. The van der Waals surface area contributed by atoms with Crippen molar-refractivity contribution in [1.82, 2.24) is 0 Å². The molecule has 5 heteroatoms. The van der Waals surface area contributed by atoms with E-state index in [9.17, 15) is 13.9 Å². The second-order valence-corrected chi connectivity index (χ2v) is 3.48. The predicted octanol–water partition coefficient (Wildman–Crippen LogP) is 2.01. The second kappa shape index (κ2) is 4.88. The predicted molar refractivity (Wildman–Crippen MR) is 43.3 cm³/mol. The quantitative estimate of drug-likeness (QED) is 0.386. The average Bonchev–Trinajstić information content (AvgIpc) is 1.98. The van der Waals surface area contributed by atoms with Gasteiger partial charge in [0.25, 0.3) is 0 Å². The third kappa shape index (κ3) is 3.49. The van der Waals surface area contributed by atoms with Crippen LogP contribution in [-0.4, -0.2) is 11.8 Å². The summed E-state index contributed by atoms with van der Waals surface area (Å²) in [5.74, 6) is -1.69. The molecule has 0 aromatic rings. The molecule has 0 saturated heterocycles. The maximum absolute atomic E-state index is 10.8. The van der Waals surface area contributed by atoms with Crippen LogP contribution < -0.4 is 0 Å². The molecule has 0 aliphatic heterocycles. The Kier molecular flexibility index (Phi) is 4.52. The van der Waals surface area contributed by atoms with E-state index in [0.717, 1.165) is 0 Å². The van der Waals surface area contributed by atoms with Gasteiger partial charge in [-0.25, -0.2) is 13.9 Å². The molecule has 68 valence electrons. The molecule has 0 amide bonds. The summed E-state index contributed by atoms with van der Waals surface area (Å²) < 4.78 is 25.4. The Morgan fingerprint density at radius 1 is 1.58 bits per heavy atom. The maximum Gasteiger partial charge on any atom is 0.357 e. The molecule has 1 unspecified atom stereocenters. The second-order valence-electron chi connectivity index (χ2n) is 2.33. The molecule has 0 heterocycles. The Labute approximate surface area is 71.4 Å². The van der Waals surface area contributed by atoms with Gasteiger partial charge < -0.3 is 4.74 Å². The Bertz CT molecular complexity index is 246. The number of hydrogen-bond acceptors (Lipinski definition) is 4. The summed E-state index contributed by atoms with van der Waals surface area (Å²) in [6, 6.07) is 0. The summed E-state index contributed by atoms with van der Waals surface area (Å²) in [5, 5.41) is 0. The van der Waals surface area contributed by atoms with Crippen molar-refractivity contribution in [2.24, 2.45) is 0 Å². The van der Waals surface area contributed by atoms with Gasteiger partial charge in [-0.2, -0.15) is 0 Å². The highest BCUT2D eigenvalue weighted by molar-refractivity contribution is 7.31. The lowest BCUT2D eigenvalue weighted by Gasteiger charge is -2.07. The van der Waals surface area contributed by atoms with Gasteiger partial charge in [0.2, 0.25) is 5.85 Å². The van der Waals surface area contributed by atoms with Crippen molar-refractivity contribution in [3.05, 3.63) is 12.2 Å². The van der Waals surface area contributed by atoms with Crippen molar-refractivity contribution >= 4 is 13.6 Å². The van der Waals surface area contributed by atoms with Crippen LogP contribution in [0.3, 0.4) is 0 Å². The van der Waals surface area contributed by atoms with Gasteiger partial charge in [0.05, 0.1) is 0 Å². The van der Waals surface area contributed by atoms with Gasteiger partial charge in [0, 0.05) is 5.57 Å². The van der Waals surface area contributed by atoms with Crippen molar-refractivity contribution in [3.8, 4) is 0 Å². The lowest BCUT2D eigenvalue weighted by molar-refractivity contribution is -0.140. The number of hydrogen-bond donors (Lipinski definition) is 0. The van der Waals surface area contributed by atoms with Crippen LogP contribution in [0.2, 0.25) is 0 Å². The highest BCUT2D eigenvalue weighted by atomic mass is 31.1. The van der Waals surface area contributed by atoms with Crippen LogP contribution in [-0.2, 0) is 18.7 Å². The Morgan fingerprint density at radius 2 is 2.08 bits per heavy atom. The van der Waals surface area contributed by atoms with Crippen LogP contribution in [0.4, 0.5) is 0 Å². The SMILES string of the molecule is C=C(C)C(=O)OC(CC)P(=O)=O. The van der Waals surface area contributed by atoms with Crippen molar-refractivity contribution in [3.63, 3.8) is 0 Å². The normalized spacial score (nSPS) is 11.8. The highest BCUT2D eigenvalue weighted by Crippen LogP contribution is 2.19. The Hall–Kier alpha value is -0.890. The number of ether oxygens (including phenoxy) is 1. The van der Waals surface area contributed by atoms with E-state index in [1.165, 1.54) is 6.92 Å².